The molecule has 2 N–H and O–H groups in total. The summed E-state index contributed by atoms with van der Waals surface area (Å²) in [6, 6.07) is 14.5. The summed E-state index contributed by atoms with van der Waals surface area (Å²) in [6.45, 7) is -0.0736. The van der Waals surface area contributed by atoms with Crippen LogP contribution < -0.4 is 15.4 Å². The predicted molar refractivity (Wildman–Crippen MR) is 97.8 cm³/mol. The maximum Gasteiger partial charge on any atom is 0.257 e. The Morgan fingerprint density at radius 2 is 1.96 bits per heavy atom. The normalized spacial score (nSPS) is 10.4. The summed E-state index contributed by atoms with van der Waals surface area (Å²) in [5, 5.41) is 5.22. The molecule has 0 atom stereocenters. The van der Waals surface area contributed by atoms with Gasteiger partial charge < -0.3 is 15.4 Å². The Kier molecular flexibility index (Phi) is 6.57. The highest BCUT2D eigenvalue weighted by Gasteiger charge is 2.03. The van der Waals surface area contributed by atoms with Crippen molar-refractivity contribution in [2.45, 2.75) is 0 Å². The van der Waals surface area contributed by atoms with Crippen LogP contribution in [-0.4, -0.2) is 25.5 Å². The third-order valence-electron chi connectivity index (χ3n) is 3.07. The highest BCUT2D eigenvalue weighted by molar-refractivity contribution is 9.10. The Balaban J connectivity index is 1.96. The summed E-state index contributed by atoms with van der Waals surface area (Å²) in [4.78, 5) is 23.2. The van der Waals surface area contributed by atoms with E-state index in [-0.39, 0.29) is 18.4 Å². The zero-order chi connectivity index (χ0) is 17.4. The lowest BCUT2D eigenvalue weighted by molar-refractivity contribution is -0.122. The van der Waals surface area contributed by atoms with Gasteiger partial charge in [0.1, 0.15) is 5.75 Å². The summed E-state index contributed by atoms with van der Waals surface area (Å²) in [7, 11) is 1.54. The number of hydrogen-bond acceptors (Lipinski definition) is 3. The van der Waals surface area contributed by atoms with Gasteiger partial charge in [0, 0.05) is 29.4 Å². The van der Waals surface area contributed by atoms with Gasteiger partial charge >= 0.3 is 0 Å². The molecule has 0 fully saturated rings. The van der Waals surface area contributed by atoms with Crippen LogP contribution in [0.3, 0.4) is 0 Å². The molecule has 0 aliphatic carbocycles. The lowest BCUT2D eigenvalue weighted by Gasteiger charge is -2.07. The Bertz CT molecular complexity index is 759. The van der Waals surface area contributed by atoms with Gasteiger partial charge in [-0.15, -0.1) is 0 Å². The van der Waals surface area contributed by atoms with Crippen molar-refractivity contribution in [3.05, 3.63) is 64.6 Å². The monoisotopic (exact) mass is 388 g/mol. The Morgan fingerprint density at radius 1 is 1.17 bits per heavy atom. The molecule has 2 amide bonds. The summed E-state index contributed by atoms with van der Waals surface area (Å²) >= 11 is 3.43. The fraction of sp³-hybridized carbons (Fsp3) is 0.111. The van der Waals surface area contributed by atoms with Gasteiger partial charge in [0.05, 0.1) is 0 Å². The van der Waals surface area contributed by atoms with Crippen LogP contribution in [0.25, 0.3) is 6.08 Å². The maximum absolute atomic E-state index is 12.0. The van der Waals surface area contributed by atoms with E-state index in [0.717, 1.165) is 10.0 Å². The van der Waals surface area contributed by atoms with Gasteiger partial charge in [0.2, 0.25) is 5.91 Å². The van der Waals surface area contributed by atoms with Crippen LogP contribution in [0, 0.1) is 0 Å². The molecule has 0 aliphatic rings. The van der Waals surface area contributed by atoms with Crippen molar-refractivity contribution in [3.63, 3.8) is 0 Å². The molecule has 0 unspecified atom stereocenters. The first-order valence-corrected chi connectivity index (χ1v) is 8.05. The van der Waals surface area contributed by atoms with Gasteiger partial charge in [-0.3, -0.25) is 9.59 Å². The number of benzene rings is 2. The zero-order valence-electron chi connectivity index (χ0n) is 13.1. The van der Waals surface area contributed by atoms with E-state index in [1.54, 1.807) is 37.4 Å². The highest BCUT2D eigenvalue weighted by Crippen LogP contribution is 2.19. The summed E-state index contributed by atoms with van der Waals surface area (Å²) in [5.74, 6) is 0.0289. The molecule has 2 aromatic carbocycles. The number of ether oxygens (including phenoxy) is 1. The predicted octanol–water partition coefficient (Wildman–Crippen LogP) is 3.23. The molecule has 0 bridgehead atoms. The zero-order valence-corrected chi connectivity index (χ0v) is 14.7. The van der Waals surface area contributed by atoms with Crippen LogP contribution in [0.4, 0.5) is 5.69 Å². The second kappa shape index (κ2) is 8.88. The standard InChI is InChI=1S/C18H17BrN2O3/c1-20-18(23)12-24-15-7-4-6-14(11-15)21-17(22)10-9-13-5-2-3-8-16(13)19/h2-11H,12H2,1H3,(H,20,23)(H,21,22)/b10-9+. The number of amides is 2. The first-order chi connectivity index (χ1) is 11.6. The molecule has 0 saturated carbocycles. The van der Waals surface area contributed by atoms with Crippen molar-refractivity contribution in [2.75, 3.05) is 19.0 Å². The smallest absolute Gasteiger partial charge is 0.257 e. The van der Waals surface area contributed by atoms with Crippen LogP contribution in [0.1, 0.15) is 5.56 Å². The van der Waals surface area contributed by atoms with Gasteiger partial charge in [-0.05, 0) is 29.8 Å². The molecule has 0 radical (unpaired) electrons. The average molecular weight is 389 g/mol. The van der Waals surface area contributed by atoms with E-state index in [2.05, 4.69) is 26.6 Å². The topological polar surface area (TPSA) is 67.4 Å². The van der Waals surface area contributed by atoms with E-state index in [4.69, 9.17) is 4.74 Å². The van der Waals surface area contributed by atoms with Crippen molar-refractivity contribution in [1.29, 1.82) is 0 Å². The van der Waals surface area contributed by atoms with Crippen LogP contribution >= 0.6 is 15.9 Å². The van der Waals surface area contributed by atoms with Gasteiger partial charge in [-0.2, -0.15) is 0 Å². The second-order valence-corrected chi connectivity index (χ2v) is 5.69. The van der Waals surface area contributed by atoms with E-state index in [9.17, 15) is 9.59 Å². The Morgan fingerprint density at radius 3 is 2.71 bits per heavy atom. The second-order valence-electron chi connectivity index (χ2n) is 4.83. The number of hydrogen-bond donors (Lipinski definition) is 2. The van der Waals surface area contributed by atoms with Gasteiger partial charge in [0.25, 0.3) is 5.91 Å². The first-order valence-electron chi connectivity index (χ1n) is 7.25. The minimum absolute atomic E-state index is 0.0736. The molecule has 0 spiro atoms. The average Bonchev–Trinajstić information content (AvgIpc) is 2.59. The van der Waals surface area contributed by atoms with Crippen LogP contribution in [-0.2, 0) is 9.59 Å². The van der Waals surface area contributed by atoms with Gasteiger partial charge in [-0.25, -0.2) is 0 Å². The molecule has 0 heterocycles. The number of carbonyl (C=O) groups is 2. The molecule has 0 aromatic heterocycles. The van der Waals surface area contributed by atoms with Gasteiger partial charge in [0.15, 0.2) is 6.61 Å². The minimum atomic E-state index is -0.255. The molecule has 6 heteroatoms. The number of halogens is 1. The molecule has 2 rings (SSSR count). The fourth-order valence-corrected chi connectivity index (χ4v) is 2.26. The Hall–Kier alpha value is -2.60. The number of anilines is 1. The van der Waals surface area contributed by atoms with E-state index in [0.29, 0.717) is 11.4 Å². The third-order valence-corrected chi connectivity index (χ3v) is 3.79. The summed E-state index contributed by atoms with van der Waals surface area (Å²) in [6.07, 6.45) is 3.18. The van der Waals surface area contributed by atoms with Crippen LogP contribution in [0.5, 0.6) is 5.75 Å². The minimum Gasteiger partial charge on any atom is -0.484 e. The van der Waals surface area contributed by atoms with Crippen molar-refractivity contribution in [3.8, 4) is 5.75 Å². The first kappa shape index (κ1) is 17.7. The largest absolute Gasteiger partial charge is 0.484 e. The molecular weight excluding hydrogens is 372 g/mol. The number of likely N-dealkylation sites (N-methyl/N-ethyl adjacent to an activating group) is 1. The molecule has 0 aliphatic heterocycles. The molecule has 5 nitrogen and oxygen atoms in total. The van der Waals surface area contributed by atoms with E-state index in [1.807, 2.05) is 24.3 Å². The van der Waals surface area contributed by atoms with Crippen molar-refractivity contribution < 1.29 is 14.3 Å². The third kappa shape index (κ3) is 5.55. The van der Waals surface area contributed by atoms with Crippen LogP contribution in [0.15, 0.2) is 59.1 Å². The fourth-order valence-electron chi connectivity index (χ4n) is 1.84. The number of rotatable bonds is 6. The molecule has 24 heavy (non-hydrogen) atoms. The van der Waals surface area contributed by atoms with E-state index >= 15 is 0 Å². The molecule has 124 valence electrons. The van der Waals surface area contributed by atoms with Crippen molar-refractivity contribution in [2.24, 2.45) is 0 Å². The van der Waals surface area contributed by atoms with Gasteiger partial charge in [-0.1, -0.05) is 40.2 Å². The summed E-state index contributed by atoms with van der Waals surface area (Å²) in [5.41, 5.74) is 1.50. The SMILES string of the molecule is CNC(=O)COc1cccc(NC(=O)/C=C/c2ccccc2Br)c1. The van der Waals surface area contributed by atoms with E-state index < -0.39 is 0 Å². The van der Waals surface area contributed by atoms with Crippen LogP contribution in [0.2, 0.25) is 0 Å². The van der Waals surface area contributed by atoms with Crippen molar-refractivity contribution >= 4 is 39.5 Å². The maximum atomic E-state index is 12.0. The number of nitrogens with one attached hydrogen (secondary N) is 2. The Labute approximate surface area is 148 Å². The van der Waals surface area contributed by atoms with Crippen molar-refractivity contribution in [1.82, 2.24) is 5.32 Å². The highest BCUT2D eigenvalue weighted by atomic mass is 79.9. The van der Waals surface area contributed by atoms with E-state index in [1.165, 1.54) is 6.08 Å². The lowest BCUT2D eigenvalue weighted by atomic mass is 10.2. The molecule has 2 aromatic rings. The lowest BCUT2D eigenvalue weighted by Crippen LogP contribution is -2.24. The quantitative estimate of drug-likeness (QED) is 0.746. The molecular formula is C18H17BrN2O3. The molecule has 0 saturated heterocycles. The number of carbonyl (C=O) groups excluding carboxylic acids is 2. The summed E-state index contributed by atoms with van der Waals surface area (Å²) < 4.78 is 6.25.